The summed E-state index contributed by atoms with van der Waals surface area (Å²) >= 11 is 5.84. The fraction of sp³-hybridized carbons (Fsp3) is 0.474. The highest BCUT2D eigenvalue weighted by molar-refractivity contribution is 6.30. The van der Waals surface area contributed by atoms with Crippen molar-refractivity contribution in [2.24, 2.45) is 5.41 Å². The molecule has 0 spiro atoms. The topological polar surface area (TPSA) is 46.3 Å². The molecular formula is C19H22ClF3N2O2. The number of rotatable bonds is 6. The summed E-state index contributed by atoms with van der Waals surface area (Å²) in [5.74, 6) is 0.237. The van der Waals surface area contributed by atoms with Crippen LogP contribution in [0.5, 0.6) is 0 Å². The Bertz CT molecular complexity index is 748. The van der Waals surface area contributed by atoms with Gasteiger partial charge in [-0.2, -0.15) is 13.2 Å². The molecule has 1 aromatic carbocycles. The van der Waals surface area contributed by atoms with Crippen molar-refractivity contribution in [3.8, 4) is 11.3 Å². The molecule has 0 unspecified atom stereocenters. The van der Waals surface area contributed by atoms with Crippen LogP contribution in [0.4, 0.5) is 13.2 Å². The van der Waals surface area contributed by atoms with E-state index in [1.807, 2.05) is 0 Å². The van der Waals surface area contributed by atoms with Crippen molar-refractivity contribution in [2.75, 3.05) is 13.1 Å². The van der Waals surface area contributed by atoms with Crippen LogP contribution in [0.3, 0.4) is 0 Å². The van der Waals surface area contributed by atoms with Crippen LogP contribution in [0.15, 0.2) is 34.9 Å². The molecule has 0 aliphatic heterocycles. The summed E-state index contributed by atoms with van der Waals surface area (Å²) in [5.41, 5.74) is 0.335. The van der Waals surface area contributed by atoms with Gasteiger partial charge in [0.1, 0.15) is 6.54 Å². The minimum atomic E-state index is -4.44. The predicted molar refractivity (Wildman–Crippen MR) is 97.4 cm³/mol. The van der Waals surface area contributed by atoms with Crippen LogP contribution in [-0.2, 0) is 11.2 Å². The van der Waals surface area contributed by atoms with Crippen LogP contribution in [0.25, 0.3) is 11.3 Å². The van der Waals surface area contributed by atoms with Crippen LogP contribution < -0.4 is 0 Å². The number of aromatic nitrogens is 1. The monoisotopic (exact) mass is 402 g/mol. The lowest BCUT2D eigenvalue weighted by molar-refractivity contribution is -0.163. The number of alkyl halides is 3. The second-order valence-electron chi connectivity index (χ2n) is 7.55. The first-order valence-electron chi connectivity index (χ1n) is 8.48. The Labute approximate surface area is 161 Å². The zero-order valence-electron chi connectivity index (χ0n) is 15.4. The van der Waals surface area contributed by atoms with Crippen molar-refractivity contribution in [3.05, 3.63) is 41.4 Å². The molecule has 8 heteroatoms. The smallest absolute Gasteiger partial charge is 0.406 e. The van der Waals surface area contributed by atoms with Crippen LogP contribution >= 0.6 is 11.6 Å². The molecule has 0 atom stereocenters. The Kier molecular flexibility index (Phi) is 6.57. The first-order chi connectivity index (χ1) is 12.4. The maximum absolute atomic E-state index is 12.8. The Morgan fingerprint density at radius 3 is 2.33 bits per heavy atom. The van der Waals surface area contributed by atoms with E-state index in [0.717, 1.165) is 10.5 Å². The second-order valence-corrected chi connectivity index (χ2v) is 7.99. The van der Waals surface area contributed by atoms with Gasteiger partial charge < -0.3 is 9.32 Å². The molecule has 0 saturated heterocycles. The minimum Gasteiger partial charge on any atom is -0.441 e. The van der Waals surface area contributed by atoms with Crippen molar-refractivity contribution in [2.45, 2.75) is 39.8 Å². The van der Waals surface area contributed by atoms with Gasteiger partial charge in [-0.1, -0.05) is 32.4 Å². The van der Waals surface area contributed by atoms with E-state index in [-0.39, 0.29) is 19.4 Å². The van der Waals surface area contributed by atoms with E-state index in [0.29, 0.717) is 16.7 Å². The molecule has 1 amide bonds. The van der Waals surface area contributed by atoms with E-state index < -0.39 is 24.0 Å². The number of amides is 1. The maximum atomic E-state index is 12.8. The Hall–Kier alpha value is -2.02. The van der Waals surface area contributed by atoms with Gasteiger partial charge in [0, 0.05) is 30.0 Å². The lowest BCUT2D eigenvalue weighted by Gasteiger charge is -2.30. The second kappa shape index (κ2) is 8.33. The highest BCUT2D eigenvalue weighted by Crippen LogP contribution is 2.24. The standard InChI is InChI=1S/C19H22ClF3N2O2/c1-18(2,3)11-25(12-19(21,22)23)17(26)9-8-16-24-10-15(27-16)13-4-6-14(20)7-5-13/h4-7,10H,8-9,11-12H2,1-3H3. The summed E-state index contributed by atoms with van der Waals surface area (Å²) in [5, 5.41) is 0.590. The van der Waals surface area contributed by atoms with Gasteiger partial charge in [0.15, 0.2) is 11.7 Å². The van der Waals surface area contributed by atoms with Gasteiger partial charge in [0.25, 0.3) is 0 Å². The molecule has 0 aliphatic rings. The first-order valence-corrected chi connectivity index (χ1v) is 8.86. The molecule has 4 nitrogen and oxygen atoms in total. The number of carbonyl (C=O) groups is 1. The van der Waals surface area contributed by atoms with Crippen molar-refractivity contribution in [1.82, 2.24) is 9.88 Å². The van der Waals surface area contributed by atoms with Crippen LogP contribution in [-0.4, -0.2) is 35.1 Å². The molecule has 0 N–H and O–H groups in total. The highest BCUT2D eigenvalue weighted by Gasteiger charge is 2.34. The third-order valence-corrected chi connectivity index (χ3v) is 3.88. The molecule has 0 aliphatic carbocycles. The highest BCUT2D eigenvalue weighted by atomic mass is 35.5. The maximum Gasteiger partial charge on any atom is 0.406 e. The average Bonchev–Trinajstić information content (AvgIpc) is 2.99. The number of carbonyl (C=O) groups excluding carboxylic acids is 1. The molecule has 1 heterocycles. The zero-order valence-corrected chi connectivity index (χ0v) is 16.2. The van der Waals surface area contributed by atoms with Gasteiger partial charge in [0.05, 0.1) is 6.20 Å². The molecule has 0 radical (unpaired) electrons. The van der Waals surface area contributed by atoms with Crippen molar-refractivity contribution in [1.29, 1.82) is 0 Å². The zero-order chi connectivity index (χ0) is 20.2. The largest absolute Gasteiger partial charge is 0.441 e. The molecule has 148 valence electrons. The summed E-state index contributed by atoms with van der Waals surface area (Å²) in [6.07, 6.45) is -2.89. The fourth-order valence-corrected chi connectivity index (χ4v) is 2.69. The Balaban J connectivity index is 2.01. The summed E-state index contributed by atoms with van der Waals surface area (Å²) in [4.78, 5) is 17.3. The summed E-state index contributed by atoms with van der Waals surface area (Å²) in [6.45, 7) is 4.13. The number of oxazole rings is 1. The molecule has 0 fully saturated rings. The molecule has 1 aromatic heterocycles. The Morgan fingerprint density at radius 2 is 1.78 bits per heavy atom. The lowest BCUT2D eigenvalue weighted by Crippen LogP contribution is -2.43. The van der Waals surface area contributed by atoms with Crippen LogP contribution in [0.2, 0.25) is 5.02 Å². The summed E-state index contributed by atoms with van der Waals surface area (Å²) in [7, 11) is 0. The van der Waals surface area contributed by atoms with Crippen molar-refractivity contribution < 1.29 is 22.4 Å². The molecule has 0 bridgehead atoms. The number of hydrogen-bond acceptors (Lipinski definition) is 3. The summed E-state index contributed by atoms with van der Waals surface area (Å²) < 4.78 is 44.0. The number of hydrogen-bond donors (Lipinski definition) is 0. The number of halogens is 4. The van der Waals surface area contributed by atoms with Gasteiger partial charge >= 0.3 is 6.18 Å². The minimum absolute atomic E-state index is 0.0208. The molecule has 2 aromatic rings. The van der Waals surface area contributed by atoms with E-state index in [4.69, 9.17) is 16.0 Å². The van der Waals surface area contributed by atoms with E-state index in [2.05, 4.69) is 4.98 Å². The van der Waals surface area contributed by atoms with Gasteiger partial charge in [0.2, 0.25) is 5.91 Å². The normalized spacial score (nSPS) is 12.3. The van der Waals surface area contributed by atoms with E-state index in [9.17, 15) is 18.0 Å². The molecule has 0 saturated carbocycles. The summed E-state index contributed by atoms with van der Waals surface area (Å²) in [6, 6.07) is 6.96. The fourth-order valence-electron chi connectivity index (χ4n) is 2.57. The SMILES string of the molecule is CC(C)(C)CN(CC(F)(F)F)C(=O)CCc1ncc(-c2ccc(Cl)cc2)o1. The van der Waals surface area contributed by atoms with Crippen LogP contribution in [0.1, 0.15) is 33.1 Å². The van der Waals surface area contributed by atoms with Gasteiger partial charge in [-0.05, 0) is 29.7 Å². The Morgan fingerprint density at radius 1 is 1.15 bits per heavy atom. The lowest BCUT2D eigenvalue weighted by atomic mass is 9.96. The third kappa shape index (κ3) is 7.25. The predicted octanol–water partition coefficient (Wildman–Crippen LogP) is 5.36. The van der Waals surface area contributed by atoms with E-state index >= 15 is 0 Å². The molecule has 27 heavy (non-hydrogen) atoms. The number of benzene rings is 1. The first kappa shape index (κ1) is 21.3. The van der Waals surface area contributed by atoms with E-state index in [1.165, 1.54) is 6.20 Å². The number of nitrogens with zero attached hydrogens (tertiary/aromatic N) is 2. The third-order valence-electron chi connectivity index (χ3n) is 3.62. The molecular weight excluding hydrogens is 381 g/mol. The van der Waals surface area contributed by atoms with Gasteiger partial charge in [-0.25, -0.2) is 4.98 Å². The van der Waals surface area contributed by atoms with Gasteiger partial charge in [-0.15, -0.1) is 0 Å². The van der Waals surface area contributed by atoms with Gasteiger partial charge in [-0.3, -0.25) is 4.79 Å². The van der Waals surface area contributed by atoms with Crippen molar-refractivity contribution >= 4 is 17.5 Å². The molecule has 2 rings (SSSR count). The van der Waals surface area contributed by atoms with Crippen LogP contribution in [0, 0.1) is 5.41 Å². The van der Waals surface area contributed by atoms with E-state index in [1.54, 1.807) is 45.0 Å². The quantitative estimate of drug-likeness (QED) is 0.653. The average molecular weight is 403 g/mol. The number of aryl methyl sites for hydroxylation is 1. The van der Waals surface area contributed by atoms with Crippen molar-refractivity contribution in [3.63, 3.8) is 0 Å².